The fourth-order valence-corrected chi connectivity index (χ4v) is 0.799. The summed E-state index contributed by atoms with van der Waals surface area (Å²) in [5, 5.41) is 18.8. The number of pyridine rings is 1. The summed E-state index contributed by atoms with van der Waals surface area (Å²) in [5.74, 6) is 4.91. The van der Waals surface area contributed by atoms with E-state index in [1.807, 2.05) is 0 Å². The van der Waals surface area contributed by atoms with Gasteiger partial charge in [-0.05, 0) is 0 Å². The summed E-state index contributed by atoms with van der Waals surface area (Å²) < 4.78 is 0. The number of nitrogens with two attached hydrogens (primary N) is 1. The van der Waals surface area contributed by atoms with Crippen LogP contribution in [0.2, 0.25) is 0 Å². The molecule has 0 aromatic carbocycles. The van der Waals surface area contributed by atoms with Crippen molar-refractivity contribution in [2.75, 3.05) is 12.3 Å². The van der Waals surface area contributed by atoms with Crippen LogP contribution in [0.1, 0.15) is 5.56 Å². The maximum absolute atomic E-state index is 10.4. The van der Waals surface area contributed by atoms with Gasteiger partial charge in [0.1, 0.15) is 18.6 Å². The Labute approximate surface area is 79.5 Å². The molecule has 6 heteroatoms. The fraction of sp³-hybridized carbons (Fsp3) is 0.125. The number of aliphatic hydroxyl groups is 1. The molecule has 0 fully saturated rings. The van der Waals surface area contributed by atoms with E-state index in [9.17, 15) is 10.1 Å². The van der Waals surface area contributed by atoms with Crippen molar-refractivity contribution >= 4 is 11.5 Å². The maximum atomic E-state index is 10.4. The zero-order valence-corrected chi connectivity index (χ0v) is 7.10. The zero-order chi connectivity index (χ0) is 10.6. The lowest BCUT2D eigenvalue weighted by Gasteiger charge is -1.96. The standard InChI is InChI=1S/C8H7N3O3/c9-8-6(2-1-3-12)4-7(5-10-8)11(13)14/h4-5,12H,3H2,(H2,9,10). The minimum absolute atomic E-state index is 0.108. The quantitative estimate of drug-likeness (QED) is 0.369. The summed E-state index contributed by atoms with van der Waals surface area (Å²) in [6.45, 7) is -0.331. The van der Waals surface area contributed by atoms with Gasteiger partial charge in [-0.1, -0.05) is 11.8 Å². The van der Waals surface area contributed by atoms with E-state index in [2.05, 4.69) is 16.8 Å². The molecule has 1 rings (SSSR count). The second kappa shape index (κ2) is 4.20. The molecule has 3 N–H and O–H groups in total. The van der Waals surface area contributed by atoms with E-state index in [-0.39, 0.29) is 23.7 Å². The first-order chi connectivity index (χ1) is 6.65. The molecule has 0 aliphatic carbocycles. The Morgan fingerprint density at radius 1 is 1.71 bits per heavy atom. The van der Waals surface area contributed by atoms with Crippen molar-refractivity contribution in [3.8, 4) is 11.8 Å². The first-order valence-electron chi connectivity index (χ1n) is 3.65. The van der Waals surface area contributed by atoms with Crippen molar-refractivity contribution in [1.82, 2.24) is 4.98 Å². The highest BCUT2D eigenvalue weighted by atomic mass is 16.6. The minimum Gasteiger partial charge on any atom is -0.384 e. The van der Waals surface area contributed by atoms with Crippen molar-refractivity contribution in [2.45, 2.75) is 0 Å². The maximum Gasteiger partial charge on any atom is 0.288 e. The van der Waals surface area contributed by atoms with Crippen molar-refractivity contribution in [3.63, 3.8) is 0 Å². The molecule has 1 aromatic heterocycles. The Balaban J connectivity index is 3.14. The average Bonchev–Trinajstić information content (AvgIpc) is 2.16. The Morgan fingerprint density at radius 3 is 3.00 bits per heavy atom. The SMILES string of the molecule is Nc1ncc([N+](=O)[O-])cc1C#CCO. The lowest BCUT2D eigenvalue weighted by Crippen LogP contribution is -1.97. The van der Waals surface area contributed by atoms with Gasteiger partial charge in [0, 0.05) is 6.07 Å². The average molecular weight is 193 g/mol. The molecule has 0 aliphatic rings. The van der Waals surface area contributed by atoms with Gasteiger partial charge < -0.3 is 10.8 Å². The van der Waals surface area contributed by atoms with Gasteiger partial charge in [0.05, 0.1) is 10.5 Å². The fourth-order valence-electron chi connectivity index (χ4n) is 0.799. The number of rotatable bonds is 1. The van der Waals surface area contributed by atoms with Crippen molar-refractivity contribution < 1.29 is 10.0 Å². The summed E-state index contributed by atoms with van der Waals surface area (Å²) in [6, 6.07) is 1.21. The third-order valence-corrected chi connectivity index (χ3v) is 1.42. The van der Waals surface area contributed by atoms with Gasteiger partial charge in [-0.3, -0.25) is 10.1 Å². The predicted molar refractivity (Wildman–Crippen MR) is 49.3 cm³/mol. The molecule has 0 saturated heterocycles. The minimum atomic E-state index is -0.587. The Kier molecular flexibility index (Phi) is 2.99. The lowest BCUT2D eigenvalue weighted by molar-refractivity contribution is -0.385. The molecule has 1 heterocycles. The van der Waals surface area contributed by atoms with E-state index in [4.69, 9.17) is 10.8 Å². The number of nitrogen functional groups attached to an aromatic ring is 1. The number of nitrogens with zero attached hydrogens (tertiary/aromatic N) is 2. The number of hydrogen-bond donors (Lipinski definition) is 2. The molecule has 0 amide bonds. The van der Waals surface area contributed by atoms with Gasteiger partial charge >= 0.3 is 0 Å². The molecule has 0 radical (unpaired) electrons. The van der Waals surface area contributed by atoms with Crippen LogP contribution in [0.15, 0.2) is 12.3 Å². The van der Waals surface area contributed by atoms with Crippen LogP contribution in [0, 0.1) is 22.0 Å². The molecule has 0 bridgehead atoms. The summed E-state index contributed by atoms with van der Waals surface area (Å²) in [7, 11) is 0. The van der Waals surface area contributed by atoms with Gasteiger partial charge in [-0.15, -0.1) is 0 Å². The summed E-state index contributed by atoms with van der Waals surface area (Å²) in [5.41, 5.74) is 5.48. The highest BCUT2D eigenvalue weighted by Gasteiger charge is 2.08. The van der Waals surface area contributed by atoms with Crippen molar-refractivity contribution in [3.05, 3.63) is 27.9 Å². The number of hydrogen-bond acceptors (Lipinski definition) is 5. The van der Waals surface area contributed by atoms with Gasteiger partial charge in [0.25, 0.3) is 5.69 Å². The first kappa shape index (κ1) is 9.95. The molecule has 0 spiro atoms. The highest BCUT2D eigenvalue weighted by Crippen LogP contribution is 2.15. The van der Waals surface area contributed by atoms with Crippen molar-refractivity contribution in [2.24, 2.45) is 0 Å². The largest absolute Gasteiger partial charge is 0.384 e. The molecular formula is C8H7N3O3. The van der Waals surface area contributed by atoms with Gasteiger partial charge in [0.15, 0.2) is 0 Å². The highest BCUT2D eigenvalue weighted by molar-refractivity contribution is 5.54. The number of anilines is 1. The van der Waals surface area contributed by atoms with Crippen LogP contribution in [-0.4, -0.2) is 21.6 Å². The smallest absolute Gasteiger partial charge is 0.288 e. The predicted octanol–water partition coefficient (Wildman–Crippen LogP) is -0.0842. The van der Waals surface area contributed by atoms with Crippen LogP contribution in [0.4, 0.5) is 11.5 Å². The zero-order valence-electron chi connectivity index (χ0n) is 7.10. The third-order valence-electron chi connectivity index (χ3n) is 1.42. The Morgan fingerprint density at radius 2 is 2.43 bits per heavy atom. The van der Waals surface area contributed by atoms with E-state index in [0.717, 1.165) is 6.20 Å². The van der Waals surface area contributed by atoms with Crippen LogP contribution in [0.25, 0.3) is 0 Å². The molecule has 0 atom stereocenters. The van der Waals surface area contributed by atoms with Crippen LogP contribution >= 0.6 is 0 Å². The second-order valence-corrected chi connectivity index (χ2v) is 2.34. The molecule has 6 nitrogen and oxygen atoms in total. The van der Waals surface area contributed by atoms with Crippen LogP contribution in [-0.2, 0) is 0 Å². The Hall–Kier alpha value is -2.13. The number of aliphatic hydroxyl groups excluding tert-OH is 1. The lowest BCUT2D eigenvalue weighted by atomic mass is 10.2. The van der Waals surface area contributed by atoms with E-state index in [1.165, 1.54) is 6.07 Å². The molecule has 14 heavy (non-hydrogen) atoms. The summed E-state index contributed by atoms with van der Waals surface area (Å²) >= 11 is 0. The monoisotopic (exact) mass is 193 g/mol. The van der Waals surface area contributed by atoms with Crippen molar-refractivity contribution in [1.29, 1.82) is 0 Å². The van der Waals surface area contributed by atoms with Crippen LogP contribution < -0.4 is 5.73 Å². The summed E-state index contributed by atoms with van der Waals surface area (Å²) in [6.07, 6.45) is 1.06. The van der Waals surface area contributed by atoms with E-state index in [0.29, 0.717) is 0 Å². The van der Waals surface area contributed by atoms with E-state index < -0.39 is 4.92 Å². The normalized spacial score (nSPS) is 8.93. The topological polar surface area (TPSA) is 102 Å². The van der Waals surface area contributed by atoms with Gasteiger partial charge in [-0.2, -0.15) is 0 Å². The molecular weight excluding hydrogens is 186 g/mol. The van der Waals surface area contributed by atoms with Gasteiger partial charge in [-0.25, -0.2) is 4.98 Å². The molecule has 72 valence electrons. The van der Waals surface area contributed by atoms with E-state index in [1.54, 1.807) is 0 Å². The molecule has 1 aromatic rings. The molecule has 0 unspecified atom stereocenters. The summed E-state index contributed by atoms with van der Waals surface area (Å²) in [4.78, 5) is 13.4. The second-order valence-electron chi connectivity index (χ2n) is 2.34. The number of nitro groups is 1. The van der Waals surface area contributed by atoms with Crippen LogP contribution in [0.5, 0.6) is 0 Å². The third kappa shape index (κ3) is 2.18. The molecule has 0 saturated carbocycles. The Bertz CT molecular complexity index is 420. The molecule has 0 aliphatic heterocycles. The van der Waals surface area contributed by atoms with Gasteiger partial charge in [0.2, 0.25) is 0 Å². The number of aromatic nitrogens is 1. The first-order valence-corrected chi connectivity index (χ1v) is 3.65. The van der Waals surface area contributed by atoms with Crippen LogP contribution in [0.3, 0.4) is 0 Å². The van der Waals surface area contributed by atoms with E-state index >= 15 is 0 Å².